The molecule has 1 N–H and O–H groups in total. The van der Waals surface area contributed by atoms with Gasteiger partial charge in [0.05, 0.1) is 6.26 Å². The maximum Gasteiger partial charge on any atom is 0.151 e. The van der Waals surface area contributed by atoms with E-state index in [1.165, 1.54) is 12.2 Å². The quantitative estimate of drug-likeness (QED) is 0.465. The molecule has 0 aromatic carbocycles. The molecule has 0 saturated carbocycles. The molecular weight excluding hydrogens is 144 g/mol. The second-order valence-electron chi connectivity index (χ2n) is 2.02. The third kappa shape index (κ3) is 1.12. The van der Waals surface area contributed by atoms with E-state index >= 15 is 0 Å². The van der Waals surface area contributed by atoms with E-state index < -0.39 is 0 Å². The van der Waals surface area contributed by atoms with Crippen molar-refractivity contribution in [3.8, 4) is 0 Å². The molecule has 1 rings (SSSR count). The van der Waals surface area contributed by atoms with Crippen LogP contribution in [-0.2, 0) is 9.59 Å². The van der Waals surface area contributed by atoms with Crippen molar-refractivity contribution in [3.63, 3.8) is 0 Å². The zero-order valence-electron chi connectivity index (χ0n) is 5.65. The highest BCUT2D eigenvalue weighted by atomic mass is 16.2. The first kappa shape index (κ1) is 7.47. The second kappa shape index (κ2) is 2.96. The van der Waals surface area contributed by atoms with Crippen LogP contribution in [0.25, 0.3) is 0 Å². The van der Waals surface area contributed by atoms with Gasteiger partial charge in [-0.15, -0.1) is 0 Å². The Morgan fingerprint density at radius 2 is 1.91 bits per heavy atom. The van der Waals surface area contributed by atoms with Crippen LogP contribution >= 0.6 is 0 Å². The fourth-order valence-electron chi connectivity index (χ4n) is 0.877. The summed E-state index contributed by atoms with van der Waals surface area (Å²) in [5.74, 6) is 0. The second-order valence-corrected chi connectivity index (χ2v) is 2.02. The van der Waals surface area contributed by atoms with Crippen molar-refractivity contribution in [2.24, 2.45) is 0 Å². The molecular formula is C8H6O3. The Kier molecular flexibility index (Phi) is 2.01. The van der Waals surface area contributed by atoms with Gasteiger partial charge in [-0.1, -0.05) is 12.2 Å². The smallest absolute Gasteiger partial charge is 0.151 e. The van der Waals surface area contributed by atoms with Gasteiger partial charge in [0.15, 0.2) is 12.6 Å². The maximum absolute atomic E-state index is 10.3. The van der Waals surface area contributed by atoms with E-state index in [2.05, 4.69) is 0 Å². The Labute approximate surface area is 63.3 Å². The van der Waals surface area contributed by atoms with Gasteiger partial charge in [-0.05, 0) is 0 Å². The number of carbonyl (C=O) groups excluding carboxylic acids is 2. The fourth-order valence-corrected chi connectivity index (χ4v) is 0.877. The van der Waals surface area contributed by atoms with Crippen LogP contribution in [0.5, 0.6) is 0 Å². The SMILES string of the molecule is O=CC1=C(C=O)C(=CO)C=C1. The number of hydrogen-bond donors (Lipinski definition) is 1. The van der Waals surface area contributed by atoms with Gasteiger partial charge in [0.25, 0.3) is 0 Å². The molecule has 0 heterocycles. The number of aliphatic hydroxyl groups is 1. The number of hydrogen-bond acceptors (Lipinski definition) is 3. The first-order valence-corrected chi connectivity index (χ1v) is 3.01. The standard InChI is InChI=1S/C8H6O3/c9-3-6-1-2-7(4-10)8(6)5-11/h1-5,9H. The van der Waals surface area contributed by atoms with Crippen LogP contribution in [-0.4, -0.2) is 17.7 Å². The number of carbonyl (C=O) groups is 2. The molecule has 0 atom stereocenters. The minimum atomic E-state index is 0.238. The minimum Gasteiger partial charge on any atom is -0.515 e. The zero-order valence-corrected chi connectivity index (χ0v) is 5.65. The van der Waals surface area contributed by atoms with Gasteiger partial charge in [-0.25, -0.2) is 0 Å². The van der Waals surface area contributed by atoms with E-state index in [0.29, 0.717) is 23.7 Å². The van der Waals surface area contributed by atoms with Crippen molar-refractivity contribution in [1.82, 2.24) is 0 Å². The lowest BCUT2D eigenvalue weighted by Gasteiger charge is -1.91. The molecule has 0 unspecified atom stereocenters. The summed E-state index contributed by atoms with van der Waals surface area (Å²) in [4.78, 5) is 20.6. The predicted octanol–water partition coefficient (Wildman–Crippen LogP) is 0.692. The van der Waals surface area contributed by atoms with Crippen molar-refractivity contribution in [2.75, 3.05) is 0 Å². The predicted molar refractivity (Wildman–Crippen MR) is 39.0 cm³/mol. The van der Waals surface area contributed by atoms with Crippen molar-refractivity contribution >= 4 is 12.6 Å². The Morgan fingerprint density at radius 1 is 1.18 bits per heavy atom. The normalized spacial score (nSPS) is 19.5. The van der Waals surface area contributed by atoms with Crippen LogP contribution < -0.4 is 0 Å². The Morgan fingerprint density at radius 3 is 2.36 bits per heavy atom. The highest BCUT2D eigenvalue weighted by Gasteiger charge is 2.12. The molecule has 1 aliphatic carbocycles. The molecule has 0 spiro atoms. The third-order valence-electron chi connectivity index (χ3n) is 1.45. The van der Waals surface area contributed by atoms with Gasteiger partial charge in [0.1, 0.15) is 0 Å². The van der Waals surface area contributed by atoms with Crippen LogP contribution in [0.3, 0.4) is 0 Å². The van der Waals surface area contributed by atoms with Crippen LogP contribution in [0.1, 0.15) is 0 Å². The largest absolute Gasteiger partial charge is 0.515 e. The Balaban J connectivity index is 3.15. The molecule has 11 heavy (non-hydrogen) atoms. The summed E-state index contributed by atoms with van der Waals surface area (Å²) in [6.45, 7) is 0. The third-order valence-corrected chi connectivity index (χ3v) is 1.45. The fraction of sp³-hybridized carbons (Fsp3) is 0. The van der Waals surface area contributed by atoms with Crippen molar-refractivity contribution in [1.29, 1.82) is 0 Å². The molecule has 0 bridgehead atoms. The van der Waals surface area contributed by atoms with Gasteiger partial charge in [-0.2, -0.15) is 0 Å². The van der Waals surface area contributed by atoms with Gasteiger partial charge >= 0.3 is 0 Å². The number of allylic oxidation sites excluding steroid dienone is 5. The van der Waals surface area contributed by atoms with Gasteiger partial charge in [0.2, 0.25) is 0 Å². The summed E-state index contributed by atoms with van der Waals surface area (Å²) >= 11 is 0. The van der Waals surface area contributed by atoms with Crippen molar-refractivity contribution < 1.29 is 14.7 Å². The summed E-state index contributed by atoms with van der Waals surface area (Å²) in [5.41, 5.74) is 0.921. The first-order valence-electron chi connectivity index (χ1n) is 3.01. The van der Waals surface area contributed by atoms with Crippen molar-refractivity contribution in [2.45, 2.75) is 0 Å². The average molecular weight is 150 g/mol. The van der Waals surface area contributed by atoms with Crippen LogP contribution in [0, 0.1) is 0 Å². The summed E-state index contributed by atoms with van der Waals surface area (Å²) in [6.07, 6.45) is 4.92. The molecule has 0 saturated heterocycles. The molecule has 0 fully saturated rings. The number of aldehydes is 2. The summed E-state index contributed by atoms with van der Waals surface area (Å²) in [7, 11) is 0. The van der Waals surface area contributed by atoms with E-state index in [1.807, 2.05) is 0 Å². The molecule has 0 amide bonds. The Hall–Kier alpha value is -1.64. The molecule has 1 aliphatic rings. The molecule has 0 aromatic rings. The highest BCUT2D eigenvalue weighted by Crippen LogP contribution is 2.20. The average Bonchev–Trinajstić information content (AvgIpc) is 2.45. The van der Waals surface area contributed by atoms with E-state index in [-0.39, 0.29) is 5.57 Å². The van der Waals surface area contributed by atoms with Gasteiger partial charge in [0, 0.05) is 16.7 Å². The molecule has 3 heteroatoms. The minimum absolute atomic E-state index is 0.238. The lowest BCUT2D eigenvalue weighted by atomic mass is 10.1. The Bertz CT molecular complexity index is 282. The molecule has 3 nitrogen and oxygen atoms in total. The maximum atomic E-state index is 10.3. The molecule has 0 radical (unpaired) electrons. The lowest BCUT2D eigenvalue weighted by molar-refractivity contribution is -0.106. The topological polar surface area (TPSA) is 54.4 Å². The van der Waals surface area contributed by atoms with E-state index in [1.54, 1.807) is 0 Å². The van der Waals surface area contributed by atoms with Gasteiger partial charge < -0.3 is 5.11 Å². The summed E-state index contributed by atoms with van der Waals surface area (Å²) in [5, 5.41) is 8.56. The first-order chi connectivity index (χ1) is 5.33. The van der Waals surface area contributed by atoms with Crippen LogP contribution in [0.2, 0.25) is 0 Å². The summed E-state index contributed by atoms with van der Waals surface area (Å²) in [6, 6.07) is 0. The van der Waals surface area contributed by atoms with E-state index in [9.17, 15) is 9.59 Å². The monoisotopic (exact) mass is 150 g/mol. The van der Waals surface area contributed by atoms with Crippen LogP contribution in [0.4, 0.5) is 0 Å². The van der Waals surface area contributed by atoms with E-state index in [4.69, 9.17) is 5.11 Å². The molecule has 0 aliphatic heterocycles. The molecule has 56 valence electrons. The highest BCUT2D eigenvalue weighted by molar-refractivity contribution is 5.96. The van der Waals surface area contributed by atoms with Gasteiger partial charge in [-0.3, -0.25) is 9.59 Å². The zero-order chi connectivity index (χ0) is 8.27. The lowest BCUT2D eigenvalue weighted by Crippen LogP contribution is -1.89. The number of aliphatic hydroxyl groups excluding tert-OH is 1. The van der Waals surface area contributed by atoms with E-state index in [0.717, 1.165) is 6.26 Å². The number of rotatable bonds is 2. The van der Waals surface area contributed by atoms with Crippen molar-refractivity contribution in [3.05, 3.63) is 35.1 Å². The molecule has 0 aromatic heterocycles. The van der Waals surface area contributed by atoms with Crippen LogP contribution in [0.15, 0.2) is 35.1 Å². The summed E-state index contributed by atoms with van der Waals surface area (Å²) < 4.78 is 0.